The van der Waals surface area contributed by atoms with Crippen molar-refractivity contribution in [1.29, 1.82) is 0 Å². The van der Waals surface area contributed by atoms with E-state index in [1.807, 2.05) is 0 Å². The summed E-state index contributed by atoms with van der Waals surface area (Å²) in [7, 11) is 0. The van der Waals surface area contributed by atoms with E-state index in [9.17, 15) is 0 Å². The van der Waals surface area contributed by atoms with Crippen molar-refractivity contribution in [3.8, 4) is 0 Å². The van der Waals surface area contributed by atoms with Crippen LogP contribution in [0.25, 0.3) is 0 Å². The molecule has 4 rings (SSSR count). The predicted octanol–water partition coefficient (Wildman–Crippen LogP) is 1.91. The molecule has 8 heavy (non-hydrogen) atoms. The number of hydrogen-bond acceptors (Lipinski definition) is 0. The molecule has 3 unspecified atom stereocenters. The van der Waals surface area contributed by atoms with Gasteiger partial charge in [-0.2, -0.15) is 0 Å². The van der Waals surface area contributed by atoms with Gasteiger partial charge in [0.25, 0.3) is 0 Å². The van der Waals surface area contributed by atoms with Gasteiger partial charge in [0.2, 0.25) is 0 Å². The summed E-state index contributed by atoms with van der Waals surface area (Å²) in [5.74, 6) is 6.24. The van der Waals surface area contributed by atoms with Crippen LogP contribution in [0.4, 0.5) is 0 Å². The molecule has 0 aromatic heterocycles. The quantitative estimate of drug-likeness (QED) is 0.481. The van der Waals surface area contributed by atoms with Gasteiger partial charge >= 0.3 is 0 Å². The predicted molar refractivity (Wildman–Crippen MR) is 32.4 cm³/mol. The molecular formula is C8H12. The molecule has 0 amide bonds. The zero-order valence-corrected chi connectivity index (χ0v) is 5.30. The zero-order valence-electron chi connectivity index (χ0n) is 5.30. The molecule has 0 N–H and O–H groups in total. The van der Waals surface area contributed by atoms with Gasteiger partial charge < -0.3 is 0 Å². The molecule has 4 fully saturated rings. The Morgan fingerprint density at radius 2 is 2.00 bits per heavy atom. The van der Waals surface area contributed by atoms with Crippen molar-refractivity contribution in [3.05, 3.63) is 0 Å². The van der Waals surface area contributed by atoms with E-state index in [-0.39, 0.29) is 0 Å². The van der Waals surface area contributed by atoms with Gasteiger partial charge in [0.05, 0.1) is 0 Å². The lowest BCUT2D eigenvalue weighted by atomic mass is 10.0. The van der Waals surface area contributed by atoms with Crippen LogP contribution in [0, 0.1) is 29.6 Å². The second kappa shape index (κ2) is 0.872. The van der Waals surface area contributed by atoms with Crippen molar-refractivity contribution in [2.24, 2.45) is 29.6 Å². The molecule has 0 spiro atoms. The lowest BCUT2D eigenvalue weighted by Crippen LogP contribution is -1.93. The van der Waals surface area contributed by atoms with E-state index in [4.69, 9.17) is 0 Å². The zero-order chi connectivity index (χ0) is 5.30. The first-order valence-corrected chi connectivity index (χ1v) is 3.93. The maximum Gasteiger partial charge on any atom is -0.0315 e. The summed E-state index contributed by atoms with van der Waals surface area (Å²) in [6, 6.07) is 0. The summed E-state index contributed by atoms with van der Waals surface area (Å²) in [4.78, 5) is 0. The Balaban J connectivity index is 1.87. The van der Waals surface area contributed by atoms with Gasteiger partial charge in [0, 0.05) is 0 Å². The van der Waals surface area contributed by atoms with Crippen LogP contribution in [0.3, 0.4) is 0 Å². The topological polar surface area (TPSA) is 0 Å². The average molecular weight is 108 g/mol. The minimum absolute atomic E-state index is 1.18. The lowest BCUT2D eigenvalue weighted by Gasteiger charge is -2.01. The molecule has 0 heteroatoms. The SMILES string of the molecule is CCC1CC2C3C1C23. The van der Waals surface area contributed by atoms with E-state index >= 15 is 0 Å². The highest BCUT2D eigenvalue weighted by Gasteiger charge is 2.79. The summed E-state index contributed by atoms with van der Waals surface area (Å²) in [6.45, 7) is 2.35. The first-order chi connectivity index (χ1) is 3.93. The van der Waals surface area contributed by atoms with E-state index in [1.54, 1.807) is 6.42 Å². The molecule has 0 aliphatic heterocycles. The van der Waals surface area contributed by atoms with E-state index in [2.05, 4.69) is 6.92 Å². The molecule has 0 radical (unpaired) electrons. The van der Waals surface area contributed by atoms with Gasteiger partial charge in [-0.25, -0.2) is 0 Å². The van der Waals surface area contributed by atoms with Crippen molar-refractivity contribution < 1.29 is 0 Å². The normalized spacial score (nSPS) is 72.4. The fourth-order valence-electron chi connectivity index (χ4n) is 3.13. The first-order valence-electron chi connectivity index (χ1n) is 3.93. The number of rotatable bonds is 1. The van der Waals surface area contributed by atoms with Crippen LogP contribution in [-0.4, -0.2) is 0 Å². The maximum atomic E-state index is 2.35. The second-order valence-corrected chi connectivity index (χ2v) is 3.80. The standard InChI is InChI=1S/C8H12/c1-2-4-3-5-7-6(4)8(5)7/h4-8H,2-3H2,1H3. The monoisotopic (exact) mass is 108 g/mol. The summed E-state index contributed by atoms with van der Waals surface area (Å²) >= 11 is 0. The molecule has 4 aliphatic carbocycles. The highest BCUT2D eigenvalue weighted by molar-refractivity contribution is 5.26. The van der Waals surface area contributed by atoms with E-state index in [0.717, 1.165) is 0 Å². The van der Waals surface area contributed by atoms with Gasteiger partial charge in [-0.05, 0) is 36.0 Å². The Kier molecular flexibility index (Phi) is 0.427. The van der Waals surface area contributed by atoms with Crippen molar-refractivity contribution >= 4 is 0 Å². The van der Waals surface area contributed by atoms with Crippen LogP contribution in [0.1, 0.15) is 19.8 Å². The molecule has 0 aromatic rings. The van der Waals surface area contributed by atoms with Crippen molar-refractivity contribution in [2.45, 2.75) is 19.8 Å². The third-order valence-electron chi connectivity index (χ3n) is 3.68. The minimum atomic E-state index is 1.18. The largest absolute Gasteiger partial charge is 0.0651 e. The summed E-state index contributed by atoms with van der Waals surface area (Å²) in [5, 5.41) is 0. The average Bonchev–Trinajstić information content (AvgIpc) is 2.58. The van der Waals surface area contributed by atoms with Crippen LogP contribution in [0.2, 0.25) is 0 Å². The Bertz CT molecular complexity index is 122. The van der Waals surface area contributed by atoms with Gasteiger partial charge in [-0.3, -0.25) is 0 Å². The van der Waals surface area contributed by atoms with Crippen LogP contribution < -0.4 is 0 Å². The second-order valence-electron chi connectivity index (χ2n) is 3.80. The molecule has 2 bridgehead atoms. The van der Waals surface area contributed by atoms with Gasteiger partial charge in [0.15, 0.2) is 0 Å². The third-order valence-corrected chi connectivity index (χ3v) is 3.68. The smallest absolute Gasteiger partial charge is 0.0315 e. The molecule has 4 saturated carbocycles. The molecule has 44 valence electrons. The molecule has 3 atom stereocenters. The van der Waals surface area contributed by atoms with Gasteiger partial charge in [-0.1, -0.05) is 13.3 Å². The van der Waals surface area contributed by atoms with E-state index in [0.29, 0.717) is 0 Å². The molecule has 4 aliphatic rings. The fourth-order valence-corrected chi connectivity index (χ4v) is 3.13. The first kappa shape index (κ1) is 3.92. The molecule has 0 nitrogen and oxygen atoms in total. The number of hydrogen-bond donors (Lipinski definition) is 0. The minimum Gasteiger partial charge on any atom is -0.0651 e. The highest BCUT2D eigenvalue weighted by Crippen LogP contribution is 2.84. The summed E-state index contributed by atoms with van der Waals surface area (Å²) < 4.78 is 0. The van der Waals surface area contributed by atoms with Crippen molar-refractivity contribution in [2.75, 3.05) is 0 Å². The van der Waals surface area contributed by atoms with Crippen LogP contribution in [0.5, 0.6) is 0 Å². The van der Waals surface area contributed by atoms with E-state index in [1.165, 1.54) is 36.0 Å². The third kappa shape index (κ3) is 0.222. The van der Waals surface area contributed by atoms with Crippen LogP contribution >= 0.6 is 0 Å². The van der Waals surface area contributed by atoms with Crippen LogP contribution in [-0.2, 0) is 0 Å². The lowest BCUT2D eigenvalue weighted by molar-refractivity contribution is 0.488. The molecule has 0 aromatic carbocycles. The summed E-state index contributed by atoms with van der Waals surface area (Å²) in [5.41, 5.74) is 0. The molecule has 0 saturated heterocycles. The molecule has 0 heterocycles. The van der Waals surface area contributed by atoms with E-state index < -0.39 is 0 Å². The van der Waals surface area contributed by atoms with Crippen molar-refractivity contribution in [3.63, 3.8) is 0 Å². The van der Waals surface area contributed by atoms with Crippen molar-refractivity contribution in [1.82, 2.24) is 0 Å². The van der Waals surface area contributed by atoms with Crippen LogP contribution in [0.15, 0.2) is 0 Å². The maximum absolute atomic E-state index is 2.35. The van der Waals surface area contributed by atoms with Gasteiger partial charge in [0.1, 0.15) is 0 Å². The Labute approximate surface area is 50.3 Å². The Morgan fingerprint density at radius 3 is 2.25 bits per heavy atom. The Hall–Kier alpha value is 0. The van der Waals surface area contributed by atoms with Gasteiger partial charge in [-0.15, -0.1) is 0 Å². The molecular weight excluding hydrogens is 96.1 g/mol. The number of fused-ring (bicyclic) bond motifs is 1. The highest BCUT2D eigenvalue weighted by atomic mass is 14.8. The summed E-state index contributed by atoms with van der Waals surface area (Å²) in [6.07, 6.45) is 3.07. The Morgan fingerprint density at radius 1 is 1.25 bits per heavy atom. The fraction of sp³-hybridized carbons (Fsp3) is 1.00.